The molecular formula is C22H20ClN3O4. The van der Waals surface area contributed by atoms with Gasteiger partial charge >= 0.3 is 0 Å². The fourth-order valence-corrected chi connectivity index (χ4v) is 2.91. The van der Waals surface area contributed by atoms with Crippen LogP contribution in [0.3, 0.4) is 0 Å². The molecule has 0 saturated carbocycles. The molecule has 0 unspecified atom stereocenters. The van der Waals surface area contributed by atoms with Crippen LogP contribution in [0, 0.1) is 10.1 Å². The highest BCUT2D eigenvalue weighted by molar-refractivity contribution is 6.32. The van der Waals surface area contributed by atoms with Crippen molar-refractivity contribution >= 4 is 29.2 Å². The number of nitrogens with zero attached hydrogens (tertiary/aromatic N) is 2. The standard InChI is InChI=1S/C22H20ClN3O4/c1-2-29-21-13-17(14-24-25-18-8-10-19(11-9-18)26(27)28)12-20(23)22(21)30-15-16-6-4-3-5-7-16/h3-14,25H,2,15H2,1H3/b24-14+. The summed E-state index contributed by atoms with van der Waals surface area (Å²) in [4.78, 5) is 10.3. The van der Waals surface area contributed by atoms with Gasteiger partial charge in [0, 0.05) is 12.1 Å². The van der Waals surface area contributed by atoms with Gasteiger partial charge in [0.1, 0.15) is 6.61 Å². The molecule has 0 radical (unpaired) electrons. The third-order valence-corrected chi connectivity index (χ3v) is 4.32. The highest BCUT2D eigenvalue weighted by atomic mass is 35.5. The number of hydrazone groups is 1. The number of hydrogen-bond acceptors (Lipinski definition) is 6. The molecule has 0 heterocycles. The van der Waals surface area contributed by atoms with E-state index in [-0.39, 0.29) is 5.69 Å². The molecule has 0 spiro atoms. The Kier molecular flexibility index (Phi) is 7.24. The van der Waals surface area contributed by atoms with Crippen LogP contribution in [0.2, 0.25) is 5.02 Å². The molecule has 154 valence electrons. The Morgan fingerprint density at radius 1 is 1.10 bits per heavy atom. The lowest BCUT2D eigenvalue weighted by Gasteiger charge is -2.14. The minimum absolute atomic E-state index is 0.0174. The van der Waals surface area contributed by atoms with E-state index in [9.17, 15) is 10.1 Å². The molecule has 7 nitrogen and oxygen atoms in total. The Labute approximate surface area is 179 Å². The lowest BCUT2D eigenvalue weighted by atomic mass is 10.2. The van der Waals surface area contributed by atoms with Gasteiger partial charge in [0.05, 0.1) is 28.5 Å². The van der Waals surface area contributed by atoms with Crippen molar-refractivity contribution in [1.82, 2.24) is 0 Å². The van der Waals surface area contributed by atoms with Crippen molar-refractivity contribution < 1.29 is 14.4 Å². The Morgan fingerprint density at radius 2 is 1.83 bits per heavy atom. The number of non-ortho nitro benzene ring substituents is 1. The Morgan fingerprint density at radius 3 is 2.50 bits per heavy atom. The summed E-state index contributed by atoms with van der Waals surface area (Å²) in [6, 6.07) is 19.3. The summed E-state index contributed by atoms with van der Waals surface area (Å²) in [6.07, 6.45) is 1.58. The Balaban J connectivity index is 1.71. The predicted molar refractivity (Wildman–Crippen MR) is 118 cm³/mol. The van der Waals surface area contributed by atoms with Gasteiger partial charge in [-0.3, -0.25) is 15.5 Å². The summed E-state index contributed by atoms with van der Waals surface area (Å²) >= 11 is 6.43. The van der Waals surface area contributed by atoms with Crippen LogP contribution >= 0.6 is 11.6 Å². The first-order valence-corrected chi connectivity index (χ1v) is 9.61. The number of nitro benzene ring substituents is 1. The zero-order valence-corrected chi connectivity index (χ0v) is 17.0. The van der Waals surface area contributed by atoms with E-state index < -0.39 is 4.92 Å². The number of halogens is 1. The molecule has 0 amide bonds. The van der Waals surface area contributed by atoms with E-state index >= 15 is 0 Å². The normalized spacial score (nSPS) is 10.7. The zero-order chi connectivity index (χ0) is 21.3. The van der Waals surface area contributed by atoms with Gasteiger partial charge in [0.15, 0.2) is 11.5 Å². The summed E-state index contributed by atoms with van der Waals surface area (Å²) in [5.74, 6) is 1.00. The molecular weight excluding hydrogens is 406 g/mol. The molecule has 0 aliphatic carbocycles. The van der Waals surface area contributed by atoms with Crippen molar-refractivity contribution in [2.45, 2.75) is 13.5 Å². The van der Waals surface area contributed by atoms with Gasteiger partial charge in [0.2, 0.25) is 0 Å². The van der Waals surface area contributed by atoms with E-state index in [1.165, 1.54) is 12.1 Å². The first-order chi connectivity index (χ1) is 14.6. The summed E-state index contributed by atoms with van der Waals surface area (Å²) in [5.41, 5.74) is 5.20. The molecule has 3 rings (SSSR count). The van der Waals surface area contributed by atoms with E-state index in [1.807, 2.05) is 37.3 Å². The van der Waals surface area contributed by atoms with Crippen molar-refractivity contribution in [3.05, 3.63) is 93.0 Å². The number of rotatable bonds is 9. The summed E-state index contributed by atoms with van der Waals surface area (Å²) < 4.78 is 11.6. The molecule has 0 atom stereocenters. The first kappa shape index (κ1) is 21.1. The van der Waals surface area contributed by atoms with Gasteiger partial charge in [0.25, 0.3) is 5.69 Å². The average molecular weight is 426 g/mol. The third-order valence-electron chi connectivity index (χ3n) is 4.04. The number of nitro groups is 1. The largest absolute Gasteiger partial charge is 0.490 e. The van der Waals surface area contributed by atoms with Crippen molar-refractivity contribution in [3.63, 3.8) is 0 Å². The van der Waals surface area contributed by atoms with Crippen molar-refractivity contribution in [3.8, 4) is 11.5 Å². The molecule has 0 fully saturated rings. The maximum absolute atomic E-state index is 10.7. The molecule has 0 aliphatic rings. The molecule has 30 heavy (non-hydrogen) atoms. The average Bonchev–Trinajstić information content (AvgIpc) is 2.74. The van der Waals surface area contributed by atoms with Gasteiger partial charge < -0.3 is 9.47 Å². The first-order valence-electron chi connectivity index (χ1n) is 9.23. The SMILES string of the molecule is CCOc1cc(/C=N/Nc2ccc([N+](=O)[O-])cc2)cc(Cl)c1OCc1ccccc1. The Bertz CT molecular complexity index is 1020. The van der Waals surface area contributed by atoms with Crippen molar-refractivity contribution in [2.24, 2.45) is 5.10 Å². The predicted octanol–water partition coefficient (Wildman–Crippen LogP) is 5.67. The van der Waals surface area contributed by atoms with Crippen LogP contribution in [0.5, 0.6) is 11.5 Å². The van der Waals surface area contributed by atoms with Gasteiger partial charge in [-0.2, -0.15) is 5.10 Å². The fourth-order valence-electron chi connectivity index (χ4n) is 2.63. The van der Waals surface area contributed by atoms with E-state index in [4.69, 9.17) is 21.1 Å². The van der Waals surface area contributed by atoms with Crippen LogP contribution in [-0.4, -0.2) is 17.7 Å². The number of anilines is 1. The second-order valence-electron chi connectivity index (χ2n) is 6.21. The lowest BCUT2D eigenvalue weighted by molar-refractivity contribution is -0.384. The van der Waals surface area contributed by atoms with Crippen LogP contribution in [0.1, 0.15) is 18.1 Å². The monoisotopic (exact) mass is 425 g/mol. The van der Waals surface area contributed by atoms with Crippen molar-refractivity contribution in [1.29, 1.82) is 0 Å². The highest BCUT2D eigenvalue weighted by Gasteiger charge is 2.12. The molecule has 0 aliphatic heterocycles. The van der Waals surface area contributed by atoms with Gasteiger partial charge in [-0.05, 0) is 42.3 Å². The molecule has 0 saturated heterocycles. The van der Waals surface area contributed by atoms with E-state index in [0.717, 1.165) is 5.56 Å². The van der Waals surface area contributed by atoms with Crippen LogP contribution in [0.15, 0.2) is 71.8 Å². The lowest BCUT2D eigenvalue weighted by Crippen LogP contribution is -2.01. The summed E-state index contributed by atoms with van der Waals surface area (Å²) in [7, 11) is 0. The quantitative estimate of drug-likeness (QED) is 0.271. The highest BCUT2D eigenvalue weighted by Crippen LogP contribution is 2.37. The van der Waals surface area contributed by atoms with Crippen LogP contribution < -0.4 is 14.9 Å². The van der Waals surface area contributed by atoms with E-state index in [0.29, 0.717) is 41.0 Å². The third kappa shape index (κ3) is 5.71. The van der Waals surface area contributed by atoms with Crippen LogP contribution in [0.25, 0.3) is 0 Å². The van der Waals surface area contributed by atoms with E-state index in [2.05, 4.69) is 10.5 Å². The second-order valence-corrected chi connectivity index (χ2v) is 6.62. The molecule has 3 aromatic carbocycles. The number of ether oxygens (including phenoxy) is 2. The molecule has 1 N–H and O–H groups in total. The topological polar surface area (TPSA) is 86.0 Å². The van der Waals surface area contributed by atoms with Crippen LogP contribution in [0.4, 0.5) is 11.4 Å². The van der Waals surface area contributed by atoms with Gasteiger partial charge in [-0.1, -0.05) is 41.9 Å². The second kappa shape index (κ2) is 10.3. The van der Waals surface area contributed by atoms with Gasteiger partial charge in [-0.25, -0.2) is 0 Å². The zero-order valence-electron chi connectivity index (χ0n) is 16.2. The maximum atomic E-state index is 10.7. The summed E-state index contributed by atoms with van der Waals surface area (Å²) in [6.45, 7) is 2.71. The number of benzene rings is 3. The maximum Gasteiger partial charge on any atom is 0.269 e. The van der Waals surface area contributed by atoms with Crippen LogP contribution in [-0.2, 0) is 6.61 Å². The smallest absolute Gasteiger partial charge is 0.269 e. The minimum atomic E-state index is -0.453. The number of nitrogens with one attached hydrogen (secondary N) is 1. The molecule has 3 aromatic rings. The molecule has 8 heteroatoms. The fraction of sp³-hybridized carbons (Fsp3) is 0.136. The summed E-state index contributed by atoms with van der Waals surface area (Å²) in [5, 5.41) is 15.3. The van der Waals surface area contributed by atoms with E-state index in [1.54, 1.807) is 30.5 Å². The minimum Gasteiger partial charge on any atom is -0.490 e. The Hall–Kier alpha value is -3.58. The molecule has 0 aromatic heterocycles. The number of hydrogen-bond donors (Lipinski definition) is 1. The molecule has 0 bridgehead atoms. The van der Waals surface area contributed by atoms with Crippen molar-refractivity contribution in [2.75, 3.05) is 12.0 Å². The van der Waals surface area contributed by atoms with Gasteiger partial charge in [-0.15, -0.1) is 0 Å².